The number of carbonyl (C=O) groups excluding carboxylic acids is 1. The third-order valence-corrected chi connectivity index (χ3v) is 6.45. The van der Waals surface area contributed by atoms with E-state index in [-0.39, 0.29) is 17.2 Å². The number of sulfone groups is 1. The molecule has 6 heteroatoms. The van der Waals surface area contributed by atoms with Crippen molar-refractivity contribution in [3.05, 3.63) is 65.4 Å². The fraction of sp³-hybridized carbons (Fsp3) is 0.286. The molecule has 0 aliphatic rings. The van der Waals surface area contributed by atoms with Gasteiger partial charge in [0.05, 0.1) is 17.8 Å². The Morgan fingerprint density at radius 2 is 1.81 bits per heavy atom. The summed E-state index contributed by atoms with van der Waals surface area (Å²) in [5.41, 5.74) is 3.25. The lowest BCUT2D eigenvalue weighted by Crippen LogP contribution is -2.18. The van der Waals surface area contributed by atoms with Crippen LogP contribution in [0.1, 0.15) is 28.5 Å². The van der Waals surface area contributed by atoms with Crippen LogP contribution in [-0.2, 0) is 27.5 Å². The van der Waals surface area contributed by atoms with Crippen LogP contribution in [0.2, 0.25) is 0 Å². The summed E-state index contributed by atoms with van der Waals surface area (Å²) in [6, 6.07) is 14.3. The van der Waals surface area contributed by atoms with Gasteiger partial charge in [-0.3, -0.25) is 0 Å². The fourth-order valence-electron chi connectivity index (χ4n) is 3.42. The summed E-state index contributed by atoms with van der Waals surface area (Å²) >= 11 is 0. The number of fused-ring (bicyclic) bond motifs is 1. The van der Waals surface area contributed by atoms with E-state index in [1.54, 1.807) is 34.9 Å². The molecule has 0 amide bonds. The van der Waals surface area contributed by atoms with E-state index in [1.165, 1.54) is 7.11 Å². The van der Waals surface area contributed by atoms with Crippen LogP contribution in [0, 0.1) is 6.92 Å². The number of aromatic nitrogens is 1. The molecule has 1 aromatic heterocycles. The number of aryl methyl sites for hydroxylation is 3. The molecule has 0 N–H and O–H groups in total. The second-order valence-corrected chi connectivity index (χ2v) is 8.59. The van der Waals surface area contributed by atoms with Gasteiger partial charge in [0.15, 0.2) is 9.84 Å². The Kier molecular flexibility index (Phi) is 5.37. The molecule has 0 atom stereocenters. The van der Waals surface area contributed by atoms with Gasteiger partial charge in [-0.15, -0.1) is 0 Å². The van der Waals surface area contributed by atoms with Gasteiger partial charge in [0.2, 0.25) is 0 Å². The average molecular weight is 385 g/mol. The van der Waals surface area contributed by atoms with Gasteiger partial charge in [-0.05, 0) is 43.2 Å². The lowest BCUT2D eigenvalue weighted by molar-refractivity contribution is 0.0588. The number of methoxy groups -OCH3 is 1. The predicted octanol–water partition coefficient (Wildman–Crippen LogP) is 3.77. The predicted molar refractivity (Wildman–Crippen MR) is 106 cm³/mol. The number of benzene rings is 2. The molecule has 5 nitrogen and oxygen atoms in total. The minimum absolute atomic E-state index is 0.0954. The summed E-state index contributed by atoms with van der Waals surface area (Å²) in [6.45, 7) is 4.16. The van der Waals surface area contributed by atoms with E-state index < -0.39 is 15.8 Å². The molecule has 0 bridgehead atoms. The summed E-state index contributed by atoms with van der Waals surface area (Å²) in [5.74, 6) is -0.542. The van der Waals surface area contributed by atoms with Gasteiger partial charge in [-0.2, -0.15) is 0 Å². The molecule has 0 unspecified atom stereocenters. The average Bonchev–Trinajstić information content (AvgIpc) is 2.99. The van der Waals surface area contributed by atoms with E-state index >= 15 is 0 Å². The van der Waals surface area contributed by atoms with Crippen molar-refractivity contribution in [3.63, 3.8) is 0 Å². The van der Waals surface area contributed by atoms with Crippen LogP contribution in [0.5, 0.6) is 0 Å². The molecule has 0 radical (unpaired) electrons. The Hall–Kier alpha value is -2.60. The monoisotopic (exact) mass is 385 g/mol. The van der Waals surface area contributed by atoms with Gasteiger partial charge in [-0.1, -0.05) is 36.8 Å². The highest BCUT2D eigenvalue weighted by Crippen LogP contribution is 2.29. The summed E-state index contributed by atoms with van der Waals surface area (Å²) in [7, 11) is -2.11. The van der Waals surface area contributed by atoms with Crippen LogP contribution in [0.3, 0.4) is 0 Å². The Morgan fingerprint density at radius 1 is 1.11 bits per heavy atom. The summed E-state index contributed by atoms with van der Waals surface area (Å²) in [4.78, 5) is 12.8. The van der Waals surface area contributed by atoms with Gasteiger partial charge in [-0.25, -0.2) is 13.2 Å². The first-order valence-corrected chi connectivity index (χ1v) is 10.5. The number of rotatable bonds is 6. The molecule has 0 saturated carbocycles. The first-order valence-electron chi connectivity index (χ1n) is 8.87. The number of hydrogen-bond donors (Lipinski definition) is 0. The molecule has 0 aliphatic heterocycles. The fourth-order valence-corrected chi connectivity index (χ4v) is 4.65. The minimum Gasteiger partial charge on any atom is -0.464 e. The molecule has 142 valence electrons. The maximum atomic E-state index is 12.7. The van der Waals surface area contributed by atoms with Crippen LogP contribution in [0.25, 0.3) is 10.9 Å². The van der Waals surface area contributed by atoms with Crippen LogP contribution in [0.15, 0.2) is 53.4 Å². The Bertz CT molecular complexity index is 1080. The van der Waals surface area contributed by atoms with Crippen LogP contribution < -0.4 is 0 Å². The topological polar surface area (TPSA) is 65.4 Å². The highest BCUT2D eigenvalue weighted by Gasteiger charge is 2.24. The number of esters is 1. The zero-order chi connectivity index (χ0) is 19.6. The van der Waals surface area contributed by atoms with Crippen molar-refractivity contribution in [1.82, 2.24) is 4.57 Å². The number of carbonyl (C=O) groups is 1. The Balaban J connectivity index is 2.09. The van der Waals surface area contributed by atoms with E-state index in [4.69, 9.17) is 4.74 Å². The molecule has 2 aromatic carbocycles. The van der Waals surface area contributed by atoms with Gasteiger partial charge in [0.1, 0.15) is 5.69 Å². The number of nitrogens with zero attached hydrogens (tertiary/aromatic N) is 1. The zero-order valence-corrected chi connectivity index (χ0v) is 16.5. The molecule has 0 aliphatic carbocycles. The Labute approximate surface area is 159 Å². The standard InChI is InChI=1S/C21H23NO4S/c1-4-17-18-14-15(2)10-11-19(18)22(20(17)21(23)26-3)12-13-27(24,25)16-8-6-5-7-9-16/h5-11,14H,4,12-13H2,1-3H3. The SMILES string of the molecule is CCc1c(C(=O)OC)n(CCS(=O)(=O)c2ccccc2)c2ccc(C)cc12. The van der Waals surface area contributed by atoms with E-state index in [1.807, 2.05) is 32.0 Å². The maximum Gasteiger partial charge on any atom is 0.354 e. The number of hydrogen-bond acceptors (Lipinski definition) is 4. The molecule has 0 fully saturated rings. The molecule has 1 heterocycles. The first-order chi connectivity index (χ1) is 12.9. The highest BCUT2D eigenvalue weighted by atomic mass is 32.2. The first kappa shape index (κ1) is 19.2. The molecular formula is C21H23NO4S. The molecule has 3 aromatic rings. The summed E-state index contributed by atoms with van der Waals surface area (Å²) in [6.07, 6.45) is 0.656. The van der Waals surface area contributed by atoms with Gasteiger partial charge < -0.3 is 9.30 Å². The van der Waals surface area contributed by atoms with Gasteiger partial charge in [0.25, 0.3) is 0 Å². The summed E-state index contributed by atoms with van der Waals surface area (Å²) < 4.78 is 32.2. The lowest BCUT2D eigenvalue weighted by atomic mass is 10.1. The quantitative estimate of drug-likeness (QED) is 0.606. The largest absolute Gasteiger partial charge is 0.464 e. The second-order valence-electron chi connectivity index (χ2n) is 6.48. The molecular weight excluding hydrogens is 362 g/mol. The summed E-state index contributed by atoms with van der Waals surface area (Å²) in [5, 5.41) is 0.968. The second kappa shape index (κ2) is 7.56. The van der Waals surface area contributed by atoms with Crippen molar-refractivity contribution in [2.45, 2.75) is 31.7 Å². The number of ether oxygens (including phenoxy) is 1. The van der Waals surface area contributed by atoms with E-state index in [2.05, 4.69) is 0 Å². The highest BCUT2D eigenvalue weighted by molar-refractivity contribution is 7.91. The van der Waals surface area contributed by atoms with Crippen molar-refractivity contribution in [2.24, 2.45) is 0 Å². The third-order valence-electron chi connectivity index (χ3n) is 4.74. The van der Waals surface area contributed by atoms with Crippen molar-refractivity contribution in [1.29, 1.82) is 0 Å². The van der Waals surface area contributed by atoms with Crippen molar-refractivity contribution < 1.29 is 17.9 Å². The molecule has 3 rings (SSSR count). The van der Waals surface area contributed by atoms with Crippen LogP contribution >= 0.6 is 0 Å². The normalized spacial score (nSPS) is 11.7. The van der Waals surface area contributed by atoms with Crippen molar-refractivity contribution in [2.75, 3.05) is 12.9 Å². The zero-order valence-electron chi connectivity index (χ0n) is 15.7. The van der Waals surface area contributed by atoms with Crippen LogP contribution in [0.4, 0.5) is 0 Å². The Morgan fingerprint density at radius 3 is 2.44 bits per heavy atom. The van der Waals surface area contributed by atoms with Crippen molar-refractivity contribution in [3.8, 4) is 0 Å². The van der Waals surface area contributed by atoms with E-state index in [0.717, 1.165) is 22.0 Å². The smallest absolute Gasteiger partial charge is 0.354 e. The molecule has 27 heavy (non-hydrogen) atoms. The van der Waals surface area contributed by atoms with E-state index in [9.17, 15) is 13.2 Å². The molecule has 0 spiro atoms. The van der Waals surface area contributed by atoms with Crippen LogP contribution in [-0.4, -0.2) is 31.8 Å². The van der Waals surface area contributed by atoms with Gasteiger partial charge in [0, 0.05) is 17.4 Å². The minimum atomic E-state index is -3.45. The van der Waals surface area contributed by atoms with E-state index in [0.29, 0.717) is 12.1 Å². The van der Waals surface area contributed by atoms with Gasteiger partial charge >= 0.3 is 5.97 Å². The maximum absolute atomic E-state index is 12.7. The lowest BCUT2D eigenvalue weighted by Gasteiger charge is -2.11. The van der Waals surface area contributed by atoms with Crippen molar-refractivity contribution >= 4 is 26.7 Å². The third kappa shape index (κ3) is 3.62. The molecule has 0 saturated heterocycles.